The molecule has 0 aliphatic heterocycles. The summed E-state index contributed by atoms with van der Waals surface area (Å²) in [5, 5.41) is 0.611. The van der Waals surface area contributed by atoms with Crippen molar-refractivity contribution in [2.75, 3.05) is 20.3 Å². The third-order valence-corrected chi connectivity index (χ3v) is 6.46. The lowest BCUT2D eigenvalue weighted by Crippen LogP contribution is -2.34. The van der Waals surface area contributed by atoms with E-state index in [0.717, 1.165) is 24.3 Å². The molecule has 0 unspecified atom stereocenters. The number of halogens is 3. The van der Waals surface area contributed by atoms with Crippen LogP contribution in [0, 0.1) is 5.82 Å². The SMILES string of the molecule is COCCN(Cc1cc(Cl)ccc1OS(=O)(=O)c1ccc(F)cc1)C(=O)c1ccccc1Cl. The van der Waals surface area contributed by atoms with Crippen molar-refractivity contribution in [1.29, 1.82) is 0 Å². The molecule has 3 aromatic carbocycles. The summed E-state index contributed by atoms with van der Waals surface area (Å²) in [5.74, 6) is -0.962. The monoisotopic (exact) mass is 511 g/mol. The first-order valence-electron chi connectivity index (χ1n) is 9.72. The molecule has 6 nitrogen and oxygen atoms in total. The average molecular weight is 512 g/mol. The van der Waals surface area contributed by atoms with Crippen LogP contribution in [0.15, 0.2) is 71.6 Å². The van der Waals surface area contributed by atoms with Gasteiger partial charge in [-0.1, -0.05) is 35.3 Å². The van der Waals surface area contributed by atoms with Crippen LogP contribution in [0.25, 0.3) is 0 Å². The van der Waals surface area contributed by atoms with Crippen molar-refractivity contribution >= 4 is 39.2 Å². The number of amides is 1. The van der Waals surface area contributed by atoms with Crippen LogP contribution in [0.1, 0.15) is 15.9 Å². The van der Waals surface area contributed by atoms with Crippen LogP contribution in [0.2, 0.25) is 10.0 Å². The van der Waals surface area contributed by atoms with Gasteiger partial charge in [0.05, 0.1) is 17.2 Å². The van der Waals surface area contributed by atoms with Crippen LogP contribution >= 0.6 is 23.2 Å². The topological polar surface area (TPSA) is 72.9 Å². The average Bonchev–Trinajstić information content (AvgIpc) is 2.78. The van der Waals surface area contributed by atoms with Crippen LogP contribution in [0.3, 0.4) is 0 Å². The predicted molar refractivity (Wildman–Crippen MR) is 124 cm³/mol. The number of methoxy groups -OCH3 is 1. The quantitative estimate of drug-likeness (QED) is 0.369. The van der Waals surface area contributed by atoms with Crippen LogP contribution in [-0.2, 0) is 21.4 Å². The fourth-order valence-electron chi connectivity index (χ4n) is 2.98. The highest BCUT2D eigenvalue weighted by Gasteiger charge is 2.23. The molecule has 0 heterocycles. The highest BCUT2D eigenvalue weighted by atomic mass is 35.5. The largest absolute Gasteiger partial charge is 0.383 e. The molecule has 0 fully saturated rings. The Morgan fingerprint density at radius 2 is 1.73 bits per heavy atom. The molecule has 3 aromatic rings. The molecular formula is C23H20Cl2FNO5S. The van der Waals surface area contributed by atoms with Crippen LogP contribution in [0.4, 0.5) is 4.39 Å². The van der Waals surface area contributed by atoms with Gasteiger partial charge >= 0.3 is 10.1 Å². The molecular weight excluding hydrogens is 492 g/mol. The van der Waals surface area contributed by atoms with Gasteiger partial charge in [-0.25, -0.2) is 4.39 Å². The van der Waals surface area contributed by atoms with Crippen molar-refractivity contribution in [3.63, 3.8) is 0 Å². The van der Waals surface area contributed by atoms with Crippen LogP contribution < -0.4 is 4.18 Å². The number of carbonyl (C=O) groups is 1. The summed E-state index contributed by atoms with van der Waals surface area (Å²) in [7, 11) is -2.75. The van der Waals surface area contributed by atoms with Gasteiger partial charge in [-0.05, 0) is 54.6 Å². The Bertz CT molecular complexity index is 1240. The number of carbonyl (C=O) groups excluding carboxylic acids is 1. The number of hydrogen-bond acceptors (Lipinski definition) is 5. The molecule has 0 aliphatic carbocycles. The molecule has 0 saturated carbocycles. The first-order valence-corrected chi connectivity index (χ1v) is 11.9. The van der Waals surface area contributed by atoms with E-state index in [1.807, 2.05) is 0 Å². The molecule has 0 atom stereocenters. The number of benzene rings is 3. The number of hydrogen-bond donors (Lipinski definition) is 0. The molecule has 0 aromatic heterocycles. The van der Waals surface area contributed by atoms with E-state index >= 15 is 0 Å². The first kappa shape index (κ1) is 25.0. The van der Waals surface area contributed by atoms with E-state index in [2.05, 4.69) is 0 Å². The summed E-state index contributed by atoms with van der Waals surface area (Å²) in [6.45, 7) is 0.417. The molecule has 0 N–H and O–H groups in total. The highest BCUT2D eigenvalue weighted by Crippen LogP contribution is 2.28. The van der Waals surface area contributed by atoms with Crippen molar-refractivity contribution in [2.45, 2.75) is 11.4 Å². The van der Waals surface area contributed by atoms with Gasteiger partial charge < -0.3 is 13.8 Å². The van der Waals surface area contributed by atoms with E-state index in [0.29, 0.717) is 16.1 Å². The number of rotatable bonds is 9. The van der Waals surface area contributed by atoms with Gasteiger partial charge in [-0.15, -0.1) is 0 Å². The third-order valence-electron chi connectivity index (χ3n) is 4.64. The fraction of sp³-hybridized carbons (Fsp3) is 0.174. The summed E-state index contributed by atoms with van der Waals surface area (Å²) in [5.41, 5.74) is 0.642. The zero-order valence-electron chi connectivity index (χ0n) is 17.5. The Balaban J connectivity index is 1.93. The first-order chi connectivity index (χ1) is 15.7. The Morgan fingerprint density at radius 1 is 1.03 bits per heavy atom. The standard InChI is InChI=1S/C23H20Cl2FNO5S/c1-31-13-12-27(23(28)20-4-2-3-5-21(20)25)15-16-14-17(24)6-11-22(16)32-33(29,30)19-9-7-18(26)8-10-19/h2-11,14H,12-13,15H2,1H3. The Labute approximate surface area is 201 Å². The maximum absolute atomic E-state index is 13.2. The van der Waals surface area contributed by atoms with Gasteiger partial charge in [0.2, 0.25) is 0 Å². The molecule has 33 heavy (non-hydrogen) atoms. The maximum atomic E-state index is 13.2. The lowest BCUT2D eigenvalue weighted by Gasteiger charge is -2.24. The van der Waals surface area contributed by atoms with E-state index in [1.54, 1.807) is 24.3 Å². The van der Waals surface area contributed by atoms with Crippen LogP contribution in [-0.4, -0.2) is 39.5 Å². The van der Waals surface area contributed by atoms with Crippen molar-refractivity contribution in [1.82, 2.24) is 4.90 Å². The summed E-state index contributed by atoms with van der Waals surface area (Å²) in [6.07, 6.45) is 0. The molecule has 0 spiro atoms. The lowest BCUT2D eigenvalue weighted by atomic mass is 10.1. The summed E-state index contributed by atoms with van der Waals surface area (Å²) < 4.78 is 49.1. The summed E-state index contributed by atoms with van der Waals surface area (Å²) in [6, 6.07) is 15.2. The van der Waals surface area contributed by atoms with E-state index in [1.165, 1.54) is 30.2 Å². The second kappa shape index (κ2) is 11.0. The number of ether oxygens (including phenoxy) is 1. The van der Waals surface area contributed by atoms with Gasteiger partial charge in [0.25, 0.3) is 5.91 Å². The minimum Gasteiger partial charge on any atom is -0.383 e. The fourth-order valence-corrected chi connectivity index (χ4v) is 4.36. The second-order valence-corrected chi connectivity index (χ2v) is 9.33. The molecule has 10 heteroatoms. The molecule has 174 valence electrons. The Hall–Kier alpha value is -2.65. The minimum absolute atomic E-state index is 0.0156. The Morgan fingerprint density at radius 3 is 2.39 bits per heavy atom. The minimum atomic E-state index is -4.26. The molecule has 0 aliphatic rings. The van der Waals surface area contributed by atoms with Crippen molar-refractivity contribution < 1.29 is 26.5 Å². The van der Waals surface area contributed by atoms with Gasteiger partial charge in [0.15, 0.2) is 0 Å². The van der Waals surface area contributed by atoms with E-state index in [-0.39, 0.29) is 41.3 Å². The molecule has 0 bridgehead atoms. The molecule has 0 radical (unpaired) electrons. The normalized spacial score (nSPS) is 11.3. The Kier molecular flexibility index (Phi) is 8.31. The summed E-state index contributed by atoms with van der Waals surface area (Å²) >= 11 is 12.3. The van der Waals surface area contributed by atoms with Crippen molar-refractivity contribution in [3.8, 4) is 5.75 Å². The molecule has 3 rings (SSSR count). The smallest absolute Gasteiger partial charge is 0.339 e. The van der Waals surface area contributed by atoms with E-state index in [9.17, 15) is 17.6 Å². The summed E-state index contributed by atoms with van der Waals surface area (Å²) in [4.78, 5) is 14.4. The van der Waals surface area contributed by atoms with Gasteiger partial charge in [0.1, 0.15) is 16.5 Å². The maximum Gasteiger partial charge on any atom is 0.339 e. The predicted octanol–water partition coefficient (Wildman–Crippen LogP) is 5.19. The van der Waals surface area contributed by atoms with E-state index in [4.69, 9.17) is 32.1 Å². The van der Waals surface area contributed by atoms with Crippen molar-refractivity contribution in [2.24, 2.45) is 0 Å². The molecule has 1 amide bonds. The van der Waals surface area contributed by atoms with Gasteiger partial charge in [-0.3, -0.25) is 4.79 Å². The zero-order chi connectivity index (χ0) is 24.0. The zero-order valence-corrected chi connectivity index (χ0v) is 19.8. The van der Waals surface area contributed by atoms with Gasteiger partial charge in [-0.2, -0.15) is 8.42 Å². The van der Waals surface area contributed by atoms with E-state index < -0.39 is 15.9 Å². The molecule has 0 saturated heterocycles. The van der Waals surface area contributed by atoms with Crippen LogP contribution in [0.5, 0.6) is 5.75 Å². The van der Waals surface area contributed by atoms with Crippen molar-refractivity contribution in [3.05, 3.63) is 93.7 Å². The lowest BCUT2D eigenvalue weighted by molar-refractivity contribution is 0.0680. The van der Waals surface area contributed by atoms with Gasteiger partial charge in [0, 0.05) is 30.8 Å². The number of nitrogens with zero attached hydrogens (tertiary/aromatic N) is 1. The second-order valence-electron chi connectivity index (χ2n) is 6.94. The highest BCUT2D eigenvalue weighted by molar-refractivity contribution is 7.87. The third kappa shape index (κ3) is 6.45.